The van der Waals surface area contributed by atoms with Crippen LogP contribution >= 0.6 is 11.6 Å². The Hall–Kier alpha value is -1.06. The molecule has 1 aliphatic carbocycles. The van der Waals surface area contributed by atoms with E-state index in [4.69, 9.17) is 16.6 Å². The van der Waals surface area contributed by atoms with Crippen LogP contribution in [0.5, 0.6) is 0 Å². The third-order valence-corrected chi connectivity index (χ3v) is 4.64. The number of para-hydroxylation sites is 1. The fraction of sp³-hybridized carbons (Fsp3) is 0.588. The lowest BCUT2D eigenvalue weighted by atomic mass is 10.2. The van der Waals surface area contributed by atoms with Crippen LogP contribution in [-0.2, 0) is 6.54 Å². The predicted octanol–water partition coefficient (Wildman–Crippen LogP) is 4.13. The first-order valence-electron chi connectivity index (χ1n) is 7.95. The van der Waals surface area contributed by atoms with Crippen LogP contribution in [0.4, 0.5) is 0 Å². The molecule has 0 N–H and O–H groups in total. The largest absolute Gasteiger partial charge is 0.325 e. The third kappa shape index (κ3) is 2.95. The van der Waals surface area contributed by atoms with E-state index in [-0.39, 0.29) is 5.38 Å². The molecule has 2 aromatic rings. The van der Waals surface area contributed by atoms with Crippen LogP contribution in [0.3, 0.4) is 0 Å². The van der Waals surface area contributed by atoms with Crippen molar-refractivity contribution in [2.45, 2.75) is 51.6 Å². The number of imidazole rings is 1. The number of hydrogen-bond acceptors (Lipinski definition) is 2. The van der Waals surface area contributed by atoms with E-state index in [1.807, 2.05) is 6.92 Å². The number of alkyl halides is 1. The van der Waals surface area contributed by atoms with Gasteiger partial charge in [0.05, 0.1) is 16.4 Å². The van der Waals surface area contributed by atoms with E-state index in [0.717, 1.165) is 37.0 Å². The molecule has 0 radical (unpaired) electrons. The molecule has 0 saturated heterocycles. The van der Waals surface area contributed by atoms with Crippen LogP contribution < -0.4 is 0 Å². The summed E-state index contributed by atoms with van der Waals surface area (Å²) < 4.78 is 2.31. The van der Waals surface area contributed by atoms with E-state index >= 15 is 0 Å². The van der Waals surface area contributed by atoms with Gasteiger partial charge in [-0.15, -0.1) is 11.6 Å². The van der Waals surface area contributed by atoms with Gasteiger partial charge in [-0.25, -0.2) is 4.98 Å². The molecule has 1 heterocycles. The van der Waals surface area contributed by atoms with Crippen LogP contribution in [0.25, 0.3) is 11.0 Å². The highest BCUT2D eigenvalue weighted by molar-refractivity contribution is 6.20. The summed E-state index contributed by atoms with van der Waals surface area (Å²) in [5.74, 6) is 0.993. The Morgan fingerprint density at radius 3 is 2.81 bits per heavy atom. The summed E-state index contributed by atoms with van der Waals surface area (Å²) in [5, 5.41) is -0.0622. The Bertz CT molecular complexity index is 628. The van der Waals surface area contributed by atoms with E-state index in [1.165, 1.54) is 23.9 Å². The van der Waals surface area contributed by atoms with E-state index < -0.39 is 0 Å². The van der Waals surface area contributed by atoms with Gasteiger partial charge in [0.25, 0.3) is 0 Å². The van der Waals surface area contributed by atoms with Crippen molar-refractivity contribution in [3.05, 3.63) is 29.6 Å². The highest BCUT2D eigenvalue weighted by Gasteiger charge is 2.27. The van der Waals surface area contributed by atoms with Crippen molar-refractivity contribution in [3.63, 3.8) is 0 Å². The Balaban J connectivity index is 1.91. The molecule has 0 amide bonds. The first-order valence-corrected chi connectivity index (χ1v) is 8.39. The zero-order valence-corrected chi connectivity index (χ0v) is 13.9. The van der Waals surface area contributed by atoms with Crippen molar-refractivity contribution in [2.75, 3.05) is 13.1 Å². The summed E-state index contributed by atoms with van der Waals surface area (Å²) in [6, 6.07) is 7.19. The maximum Gasteiger partial charge on any atom is 0.127 e. The SMILES string of the molecule is CCN(CCn1c(C(C)Cl)nc2c(C)cccc21)C1CC1. The van der Waals surface area contributed by atoms with Crippen LogP contribution in [0.1, 0.15) is 43.5 Å². The summed E-state index contributed by atoms with van der Waals surface area (Å²) in [7, 11) is 0. The number of aryl methyl sites for hydroxylation is 1. The van der Waals surface area contributed by atoms with Crippen LogP contribution in [-0.4, -0.2) is 33.6 Å². The van der Waals surface area contributed by atoms with Gasteiger partial charge in [-0.3, -0.25) is 4.90 Å². The van der Waals surface area contributed by atoms with Gasteiger partial charge in [0.1, 0.15) is 5.82 Å². The topological polar surface area (TPSA) is 21.1 Å². The minimum atomic E-state index is -0.0622. The van der Waals surface area contributed by atoms with Gasteiger partial charge < -0.3 is 4.57 Å². The lowest BCUT2D eigenvalue weighted by Crippen LogP contribution is -2.29. The summed E-state index contributed by atoms with van der Waals surface area (Å²) in [5.41, 5.74) is 3.53. The summed E-state index contributed by atoms with van der Waals surface area (Å²) in [4.78, 5) is 7.36. The minimum absolute atomic E-state index is 0.0622. The Labute approximate surface area is 131 Å². The van der Waals surface area contributed by atoms with Gasteiger partial charge in [0, 0.05) is 19.1 Å². The highest BCUT2D eigenvalue weighted by Crippen LogP contribution is 2.28. The third-order valence-electron chi connectivity index (χ3n) is 4.45. The van der Waals surface area contributed by atoms with E-state index in [2.05, 4.69) is 41.5 Å². The Morgan fingerprint density at radius 1 is 1.43 bits per heavy atom. The second-order valence-electron chi connectivity index (χ2n) is 6.04. The van der Waals surface area contributed by atoms with Gasteiger partial charge in [-0.2, -0.15) is 0 Å². The molecule has 1 unspecified atom stereocenters. The van der Waals surface area contributed by atoms with Crippen molar-refractivity contribution in [2.24, 2.45) is 0 Å². The molecule has 114 valence electrons. The molecule has 1 aromatic carbocycles. The first kappa shape index (κ1) is 14.9. The van der Waals surface area contributed by atoms with Crippen molar-refractivity contribution >= 4 is 22.6 Å². The zero-order chi connectivity index (χ0) is 15.0. The number of benzene rings is 1. The molecule has 0 aliphatic heterocycles. The zero-order valence-electron chi connectivity index (χ0n) is 13.1. The number of hydrogen-bond donors (Lipinski definition) is 0. The number of fused-ring (bicyclic) bond motifs is 1. The summed E-state index contributed by atoms with van der Waals surface area (Å²) in [6.07, 6.45) is 2.72. The molecule has 4 heteroatoms. The molecule has 1 fully saturated rings. The molecule has 1 aromatic heterocycles. The Kier molecular flexibility index (Phi) is 4.23. The Morgan fingerprint density at radius 2 is 2.19 bits per heavy atom. The van der Waals surface area contributed by atoms with Gasteiger partial charge in [-0.1, -0.05) is 19.1 Å². The molecular weight excluding hydrogens is 282 g/mol. The second kappa shape index (κ2) is 5.98. The van der Waals surface area contributed by atoms with Gasteiger partial charge in [0.2, 0.25) is 0 Å². The average molecular weight is 306 g/mol. The van der Waals surface area contributed by atoms with Crippen LogP contribution in [0.2, 0.25) is 0 Å². The van der Waals surface area contributed by atoms with Crippen LogP contribution in [0.15, 0.2) is 18.2 Å². The molecule has 3 nitrogen and oxygen atoms in total. The number of likely N-dealkylation sites (N-methyl/N-ethyl adjacent to an activating group) is 1. The fourth-order valence-electron chi connectivity index (χ4n) is 3.11. The van der Waals surface area contributed by atoms with Crippen molar-refractivity contribution in [1.29, 1.82) is 0 Å². The van der Waals surface area contributed by atoms with Gasteiger partial charge >= 0.3 is 0 Å². The molecule has 1 atom stereocenters. The smallest absolute Gasteiger partial charge is 0.127 e. The minimum Gasteiger partial charge on any atom is -0.325 e. The van der Waals surface area contributed by atoms with Crippen LogP contribution in [0, 0.1) is 6.92 Å². The first-order chi connectivity index (χ1) is 10.1. The quantitative estimate of drug-likeness (QED) is 0.748. The van der Waals surface area contributed by atoms with Crippen molar-refractivity contribution < 1.29 is 0 Å². The fourth-order valence-corrected chi connectivity index (χ4v) is 3.28. The lowest BCUT2D eigenvalue weighted by Gasteiger charge is -2.21. The normalized spacial score (nSPS) is 16.8. The number of nitrogens with zero attached hydrogens (tertiary/aromatic N) is 3. The maximum atomic E-state index is 6.36. The highest BCUT2D eigenvalue weighted by atomic mass is 35.5. The van der Waals surface area contributed by atoms with Gasteiger partial charge in [0.15, 0.2) is 0 Å². The molecule has 3 rings (SSSR count). The number of aromatic nitrogens is 2. The van der Waals surface area contributed by atoms with E-state index in [1.54, 1.807) is 0 Å². The van der Waals surface area contributed by atoms with E-state index in [9.17, 15) is 0 Å². The summed E-state index contributed by atoms with van der Waals surface area (Å²) >= 11 is 6.36. The van der Waals surface area contributed by atoms with Crippen molar-refractivity contribution in [3.8, 4) is 0 Å². The standard InChI is InChI=1S/C17H24ClN3/c1-4-20(14-8-9-14)10-11-21-15-7-5-6-12(2)16(15)19-17(21)13(3)18/h5-7,13-14H,4,8-11H2,1-3H3. The average Bonchev–Trinajstić information content (AvgIpc) is 3.21. The monoisotopic (exact) mass is 305 g/mol. The molecule has 21 heavy (non-hydrogen) atoms. The predicted molar refractivity (Wildman–Crippen MR) is 89.0 cm³/mol. The maximum absolute atomic E-state index is 6.36. The molecule has 1 aliphatic rings. The van der Waals surface area contributed by atoms with E-state index in [0.29, 0.717) is 0 Å². The number of rotatable bonds is 6. The molecule has 0 bridgehead atoms. The molecule has 1 saturated carbocycles. The van der Waals surface area contributed by atoms with Gasteiger partial charge in [-0.05, 0) is 44.9 Å². The molecule has 0 spiro atoms. The number of halogens is 1. The molecular formula is C17H24ClN3. The second-order valence-corrected chi connectivity index (χ2v) is 6.69. The van der Waals surface area contributed by atoms with Crippen molar-refractivity contribution in [1.82, 2.24) is 14.5 Å². The lowest BCUT2D eigenvalue weighted by molar-refractivity contribution is 0.266. The summed E-state index contributed by atoms with van der Waals surface area (Å²) in [6.45, 7) is 9.55.